The highest BCUT2D eigenvalue weighted by molar-refractivity contribution is 5.90. The van der Waals surface area contributed by atoms with Crippen LogP contribution in [0.4, 0.5) is 0 Å². The average molecular weight is 248 g/mol. The van der Waals surface area contributed by atoms with Crippen molar-refractivity contribution in [3.8, 4) is 5.75 Å². The zero-order chi connectivity index (χ0) is 13.1. The van der Waals surface area contributed by atoms with Crippen LogP contribution in [0.5, 0.6) is 5.75 Å². The van der Waals surface area contributed by atoms with Crippen molar-refractivity contribution in [1.29, 1.82) is 0 Å². The van der Waals surface area contributed by atoms with E-state index in [9.17, 15) is 4.79 Å². The van der Waals surface area contributed by atoms with Crippen molar-refractivity contribution in [3.63, 3.8) is 0 Å². The fourth-order valence-electron chi connectivity index (χ4n) is 1.87. The Hall–Kier alpha value is -2.04. The van der Waals surface area contributed by atoms with E-state index in [4.69, 9.17) is 9.47 Å². The van der Waals surface area contributed by atoms with Gasteiger partial charge in [-0.2, -0.15) is 0 Å². The second-order valence-electron chi connectivity index (χ2n) is 3.77. The number of rotatable bonds is 4. The van der Waals surface area contributed by atoms with Crippen LogP contribution in [-0.2, 0) is 4.74 Å². The number of esters is 1. The summed E-state index contributed by atoms with van der Waals surface area (Å²) in [4.78, 5) is 16.3. The standard InChI is InChI=1S/C13H16N2O3/c1-4-17-10-7-6-8-15-11(13(16)18-5-2)9(3)14-12(10)15/h6-8H,4-5H2,1-3H3. The van der Waals surface area contributed by atoms with Gasteiger partial charge in [0.1, 0.15) is 0 Å². The Balaban J connectivity index is 2.58. The van der Waals surface area contributed by atoms with Crippen molar-refractivity contribution < 1.29 is 14.3 Å². The van der Waals surface area contributed by atoms with Crippen molar-refractivity contribution >= 4 is 11.6 Å². The number of aromatic nitrogens is 2. The lowest BCUT2D eigenvalue weighted by Gasteiger charge is -2.05. The number of imidazole rings is 1. The van der Waals surface area contributed by atoms with Gasteiger partial charge in [0.05, 0.1) is 18.9 Å². The van der Waals surface area contributed by atoms with Gasteiger partial charge in [0, 0.05) is 6.20 Å². The monoisotopic (exact) mass is 248 g/mol. The number of fused-ring (bicyclic) bond motifs is 1. The van der Waals surface area contributed by atoms with E-state index < -0.39 is 0 Å². The third kappa shape index (κ3) is 2.03. The first kappa shape index (κ1) is 12.4. The molecule has 0 aromatic carbocycles. The zero-order valence-corrected chi connectivity index (χ0v) is 10.8. The number of pyridine rings is 1. The fourth-order valence-corrected chi connectivity index (χ4v) is 1.87. The van der Waals surface area contributed by atoms with Crippen molar-refractivity contribution in [2.24, 2.45) is 0 Å². The first-order valence-electron chi connectivity index (χ1n) is 5.96. The van der Waals surface area contributed by atoms with Gasteiger partial charge in [-0.15, -0.1) is 0 Å². The Morgan fingerprint density at radius 3 is 2.83 bits per heavy atom. The Morgan fingerprint density at radius 2 is 2.17 bits per heavy atom. The SMILES string of the molecule is CCOC(=O)c1c(C)nc2c(OCC)cccn12. The van der Waals surface area contributed by atoms with Gasteiger partial charge in [-0.3, -0.25) is 4.40 Å². The molecule has 5 nitrogen and oxygen atoms in total. The molecule has 0 spiro atoms. The molecule has 0 atom stereocenters. The van der Waals surface area contributed by atoms with E-state index >= 15 is 0 Å². The van der Waals surface area contributed by atoms with Crippen LogP contribution in [0.3, 0.4) is 0 Å². The van der Waals surface area contributed by atoms with Crippen molar-refractivity contribution in [2.75, 3.05) is 13.2 Å². The molecule has 5 heteroatoms. The lowest BCUT2D eigenvalue weighted by Crippen LogP contribution is -2.09. The minimum atomic E-state index is -0.365. The van der Waals surface area contributed by atoms with Gasteiger partial charge in [0.25, 0.3) is 0 Å². The Morgan fingerprint density at radius 1 is 1.39 bits per heavy atom. The van der Waals surface area contributed by atoms with E-state index in [0.29, 0.717) is 36.0 Å². The number of ether oxygens (including phenoxy) is 2. The molecular weight excluding hydrogens is 232 g/mol. The summed E-state index contributed by atoms with van der Waals surface area (Å²) in [5.74, 6) is 0.301. The summed E-state index contributed by atoms with van der Waals surface area (Å²) >= 11 is 0. The molecule has 2 aromatic heterocycles. The number of nitrogens with zero attached hydrogens (tertiary/aromatic N) is 2. The highest BCUT2D eigenvalue weighted by Gasteiger charge is 2.19. The van der Waals surface area contributed by atoms with Crippen LogP contribution >= 0.6 is 0 Å². The topological polar surface area (TPSA) is 52.8 Å². The van der Waals surface area contributed by atoms with Gasteiger partial charge < -0.3 is 9.47 Å². The minimum Gasteiger partial charge on any atom is -0.490 e. The first-order chi connectivity index (χ1) is 8.69. The average Bonchev–Trinajstić information content (AvgIpc) is 2.67. The van der Waals surface area contributed by atoms with Gasteiger partial charge >= 0.3 is 5.97 Å². The summed E-state index contributed by atoms with van der Waals surface area (Å²) in [5, 5.41) is 0. The predicted octanol–water partition coefficient (Wildman–Crippen LogP) is 2.22. The summed E-state index contributed by atoms with van der Waals surface area (Å²) in [6.07, 6.45) is 1.78. The van der Waals surface area contributed by atoms with E-state index in [0.717, 1.165) is 0 Å². The summed E-state index contributed by atoms with van der Waals surface area (Å²) in [6.45, 7) is 6.37. The normalized spacial score (nSPS) is 10.6. The van der Waals surface area contributed by atoms with E-state index in [1.807, 2.05) is 19.1 Å². The van der Waals surface area contributed by atoms with Crippen LogP contribution in [0.15, 0.2) is 18.3 Å². The highest BCUT2D eigenvalue weighted by Crippen LogP contribution is 2.22. The van der Waals surface area contributed by atoms with Gasteiger partial charge in [0.2, 0.25) is 0 Å². The van der Waals surface area contributed by atoms with Crippen molar-refractivity contribution in [3.05, 3.63) is 29.7 Å². The van der Waals surface area contributed by atoms with Crippen LogP contribution in [0.2, 0.25) is 0 Å². The molecule has 0 radical (unpaired) electrons. The largest absolute Gasteiger partial charge is 0.490 e. The molecule has 0 amide bonds. The van der Waals surface area contributed by atoms with Gasteiger partial charge in [-0.1, -0.05) is 0 Å². The van der Waals surface area contributed by atoms with Crippen LogP contribution in [0.1, 0.15) is 30.0 Å². The Labute approximate surface area is 105 Å². The Kier molecular flexibility index (Phi) is 3.50. The predicted molar refractivity (Wildman–Crippen MR) is 67.1 cm³/mol. The van der Waals surface area contributed by atoms with E-state index in [1.165, 1.54) is 0 Å². The summed E-state index contributed by atoms with van der Waals surface area (Å²) in [6, 6.07) is 3.65. The van der Waals surface area contributed by atoms with Crippen LogP contribution in [0, 0.1) is 6.92 Å². The molecule has 0 aliphatic heterocycles. The van der Waals surface area contributed by atoms with Crippen LogP contribution < -0.4 is 4.74 Å². The molecule has 0 bridgehead atoms. The number of carbonyl (C=O) groups excluding carboxylic acids is 1. The van der Waals surface area contributed by atoms with E-state index in [2.05, 4.69) is 4.98 Å². The highest BCUT2D eigenvalue weighted by atomic mass is 16.5. The lowest BCUT2D eigenvalue weighted by molar-refractivity contribution is 0.0517. The number of carbonyl (C=O) groups is 1. The summed E-state index contributed by atoms with van der Waals surface area (Å²) in [7, 11) is 0. The maximum Gasteiger partial charge on any atom is 0.357 e. The second-order valence-corrected chi connectivity index (χ2v) is 3.77. The molecule has 96 valence electrons. The van der Waals surface area contributed by atoms with Crippen LogP contribution in [-0.4, -0.2) is 28.6 Å². The Bertz CT molecular complexity index is 575. The van der Waals surface area contributed by atoms with E-state index in [-0.39, 0.29) is 5.97 Å². The van der Waals surface area contributed by atoms with Crippen molar-refractivity contribution in [2.45, 2.75) is 20.8 Å². The maximum atomic E-state index is 11.9. The quantitative estimate of drug-likeness (QED) is 0.778. The molecule has 2 aromatic rings. The zero-order valence-electron chi connectivity index (χ0n) is 10.8. The smallest absolute Gasteiger partial charge is 0.357 e. The number of hydrogen-bond donors (Lipinski definition) is 0. The van der Waals surface area contributed by atoms with Crippen LogP contribution in [0.25, 0.3) is 5.65 Å². The molecule has 0 unspecified atom stereocenters. The molecular formula is C13H16N2O3. The van der Waals surface area contributed by atoms with Crippen molar-refractivity contribution in [1.82, 2.24) is 9.38 Å². The second kappa shape index (κ2) is 5.08. The number of hydrogen-bond acceptors (Lipinski definition) is 4. The first-order valence-corrected chi connectivity index (χ1v) is 5.96. The van der Waals surface area contributed by atoms with Gasteiger partial charge in [-0.05, 0) is 32.9 Å². The van der Waals surface area contributed by atoms with Gasteiger partial charge in [-0.25, -0.2) is 9.78 Å². The summed E-state index contributed by atoms with van der Waals surface area (Å²) in [5.41, 5.74) is 1.73. The molecule has 18 heavy (non-hydrogen) atoms. The molecule has 0 saturated carbocycles. The molecule has 0 aliphatic carbocycles. The van der Waals surface area contributed by atoms with E-state index in [1.54, 1.807) is 24.4 Å². The van der Waals surface area contributed by atoms with Gasteiger partial charge in [0.15, 0.2) is 17.1 Å². The molecule has 2 heterocycles. The molecule has 0 aliphatic rings. The minimum absolute atomic E-state index is 0.344. The molecule has 2 rings (SSSR count). The fraction of sp³-hybridized carbons (Fsp3) is 0.385. The molecule has 0 N–H and O–H groups in total. The molecule has 0 saturated heterocycles. The third-order valence-electron chi connectivity index (χ3n) is 2.56. The molecule has 0 fully saturated rings. The lowest BCUT2D eigenvalue weighted by atomic mass is 10.3. The number of aryl methyl sites for hydroxylation is 1. The third-order valence-corrected chi connectivity index (χ3v) is 2.56. The summed E-state index contributed by atoms with van der Waals surface area (Å²) < 4.78 is 12.2. The maximum absolute atomic E-state index is 11.9.